The fraction of sp³-hybridized carbons (Fsp3) is 0.500. The monoisotopic (exact) mass is 305 g/mol. The number of thiazole rings is 1. The number of aryl methyl sites for hydroxylation is 2. The van der Waals surface area contributed by atoms with Crippen molar-refractivity contribution in [2.75, 3.05) is 13.2 Å². The second-order valence-corrected chi connectivity index (χ2v) is 6.19. The van der Waals surface area contributed by atoms with Gasteiger partial charge in [-0.3, -0.25) is 4.98 Å². The van der Waals surface area contributed by atoms with Gasteiger partial charge in [-0.25, -0.2) is 4.98 Å². The Morgan fingerprint density at radius 1 is 1.29 bits per heavy atom. The van der Waals surface area contributed by atoms with Gasteiger partial charge in [0, 0.05) is 11.1 Å². The maximum absolute atomic E-state index is 5.57. The Hall–Kier alpha value is -1.46. The van der Waals surface area contributed by atoms with E-state index in [1.165, 1.54) is 4.88 Å². The summed E-state index contributed by atoms with van der Waals surface area (Å²) in [6, 6.07) is 2.20. The predicted molar refractivity (Wildman–Crippen MR) is 87.1 cm³/mol. The molecule has 2 rings (SSSR count). The second kappa shape index (κ2) is 7.52. The average Bonchev–Trinajstić information content (AvgIpc) is 2.79. The van der Waals surface area contributed by atoms with E-state index in [0.717, 1.165) is 35.0 Å². The van der Waals surface area contributed by atoms with Crippen LogP contribution in [0.5, 0.6) is 5.75 Å². The zero-order valence-corrected chi connectivity index (χ0v) is 14.0. The Morgan fingerprint density at radius 2 is 2.10 bits per heavy atom. The van der Waals surface area contributed by atoms with Gasteiger partial charge < -0.3 is 10.1 Å². The molecule has 1 atom stereocenters. The van der Waals surface area contributed by atoms with E-state index in [2.05, 4.69) is 35.2 Å². The minimum absolute atomic E-state index is 0.129. The normalized spacial score (nSPS) is 12.4. The van der Waals surface area contributed by atoms with Crippen LogP contribution in [0.3, 0.4) is 0 Å². The molecule has 2 aromatic heterocycles. The lowest BCUT2D eigenvalue weighted by molar-refractivity contribution is 0.338. The molecule has 0 aliphatic heterocycles. The van der Waals surface area contributed by atoms with Gasteiger partial charge in [-0.15, -0.1) is 11.3 Å². The van der Waals surface area contributed by atoms with Crippen LogP contribution in [0.4, 0.5) is 0 Å². The van der Waals surface area contributed by atoms with E-state index >= 15 is 0 Å². The highest BCUT2D eigenvalue weighted by molar-refractivity contribution is 7.11. The molecule has 0 aromatic carbocycles. The Kier molecular flexibility index (Phi) is 5.70. The van der Waals surface area contributed by atoms with E-state index < -0.39 is 0 Å². The van der Waals surface area contributed by atoms with Gasteiger partial charge in [-0.1, -0.05) is 6.92 Å². The molecule has 4 nitrogen and oxygen atoms in total. The number of pyridine rings is 1. The molecular weight excluding hydrogens is 282 g/mol. The second-order valence-electron chi connectivity index (χ2n) is 4.96. The molecule has 21 heavy (non-hydrogen) atoms. The van der Waals surface area contributed by atoms with Crippen LogP contribution in [0.2, 0.25) is 0 Å². The molecule has 0 radical (unpaired) electrons. The van der Waals surface area contributed by atoms with Crippen molar-refractivity contribution in [3.8, 4) is 5.75 Å². The summed E-state index contributed by atoms with van der Waals surface area (Å²) in [5, 5.41) is 4.70. The van der Waals surface area contributed by atoms with Gasteiger partial charge >= 0.3 is 0 Å². The lowest BCUT2D eigenvalue weighted by atomic mass is 10.1. The number of aromatic nitrogens is 2. The minimum Gasteiger partial charge on any atom is -0.492 e. The van der Waals surface area contributed by atoms with Crippen LogP contribution in [0.25, 0.3) is 0 Å². The van der Waals surface area contributed by atoms with Gasteiger partial charge in [-0.05, 0) is 45.4 Å². The van der Waals surface area contributed by atoms with Crippen LogP contribution in [-0.2, 0) is 0 Å². The first kappa shape index (κ1) is 15.9. The molecule has 2 heterocycles. The molecule has 0 bridgehead atoms. The first-order chi connectivity index (χ1) is 10.2. The summed E-state index contributed by atoms with van der Waals surface area (Å²) in [4.78, 5) is 10.1. The molecule has 0 amide bonds. The average molecular weight is 305 g/mol. The number of rotatable bonds is 7. The summed E-state index contributed by atoms with van der Waals surface area (Å²) < 4.78 is 5.57. The molecule has 0 aliphatic rings. The molecule has 5 heteroatoms. The van der Waals surface area contributed by atoms with E-state index in [-0.39, 0.29) is 6.04 Å². The SMILES string of the molecule is CCCNC(c1cncc(OCC)c1)c1sc(C)nc1C. The fourth-order valence-electron chi connectivity index (χ4n) is 2.30. The highest BCUT2D eigenvalue weighted by Crippen LogP contribution is 2.31. The fourth-order valence-corrected chi connectivity index (χ4v) is 3.34. The van der Waals surface area contributed by atoms with E-state index in [1.807, 2.05) is 20.0 Å². The van der Waals surface area contributed by atoms with Crippen molar-refractivity contribution in [2.24, 2.45) is 0 Å². The highest BCUT2D eigenvalue weighted by atomic mass is 32.1. The Morgan fingerprint density at radius 3 is 2.71 bits per heavy atom. The van der Waals surface area contributed by atoms with Crippen LogP contribution < -0.4 is 10.1 Å². The molecule has 1 unspecified atom stereocenters. The van der Waals surface area contributed by atoms with Gasteiger partial charge in [0.2, 0.25) is 0 Å². The van der Waals surface area contributed by atoms with Crippen molar-refractivity contribution in [1.29, 1.82) is 0 Å². The summed E-state index contributed by atoms with van der Waals surface area (Å²) in [5.74, 6) is 0.817. The van der Waals surface area contributed by atoms with Crippen molar-refractivity contribution >= 4 is 11.3 Å². The lowest BCUT2D eigenvalue weighted by Crippen LogP contribution is -2.23. The molecule has 2 aromatic rings. The van der Waals surface area contributed by atoms with Gasteiger partial charge in [0.15, 0.2) is 0 Å². The number of hydrogen-bond acceptors (Lipinski definition) is 5. The zero-order valence-electron chi connectivity index (χ0n) is 13.1. The van der Waals surface area contributed by atoms with E-state index in [0.29, 0.717) is 6.61 Å². The van der Waals surface area contributed by atoms with Crippen molar-refractivity contribution in [1.82, 2.24) is 15.3 Å². The Balaban J connectivity index is 2.35. The topological polar surface area (TPSA) is 47.0 Å². The summed E-state index contributed by atoms with van der Waals surface area (Å²) in [6.45, 7) is 9.88. The van der Waals surface area contributed by atoms with Crippen LogP contribution >= 0.6 is 11.3 Å². The van der Waals surface area contributed by atoms with Gasteiger partial charge in [-0.2, -0.15) is 0 Å². The molecule has 0 saturated carbocycles. The van der Waals surface area contributed by atoms with Crippen molar-refractivity contribution < 1.29 is 4.74 Å². The first-order valence-electron chi connectivity index (χ1n) is 7.40. The molecule has 0 fully saturated rings. The van der Waals surface area contributed by atoms with Gasteiger partial charge in [0.25, 0.3) is 0 Å². The standard InChI is InChI=1S/C16H23N3OS/c1-5-7-18-15(16-11(3)19-12(4)21-16)13-8-14(20-6-2)10-17-9-13/h8-10,15,18H,5-7H2,1-4H3. The largest absolute Gasteiger partial charge is 0.492 e. The van der Waals surface area contributed by atoms with Crippen LogP contribution in [0.1, 0.15) is 47.5 Å². The maximum Gasteiger partial charge on any atom is 0.137 e. The molecule has 0 spiro atoms. The summed E-state index contributed by atoms with van der Waals surface area (Å²) in [7, 11) is 0. The number of hydrogen-bond donors (Lipinski definition) is 1. The predicted octanol–water partition coefficient (Wildman–Crippen LogP) is 3.64. The number of ether oxygens (including phenoxy) is 1. The third-order valence-corrected chi connectivity index (χ3v) is 4.32. The first-order valence-corrected chi connectivity index (χ1v) is 8.22. The van der Waals surface area contributed by atoms with Crippen LogP contribution in [0.15, 0.2) is 18.5 Å². The van der Waals surface area contributed by atoms with Crippen LogP contribution in [0, 0.1) is 13.8 Å². The molecular formula is C16H23N3OS. The lowest BCUT2D eigenvalue weighted by Gasteiger charge is -2.18. The van der Waals surface area contributed by atoms with E-state index in [9.17, 15) is 0 Å². The van der Waals surface area contributed by atoms with Crippen molar-refractivity contribution in [3.05, 3.63) is 39.6 Å². The smallest absolute Gasteiger partial charge is 0.137 e. The summed E-state index contributed by atoms with van der Waals surface area (Å²) >= 11 is 1.74. The summed E-state index contributed by atoms with van der Waals surface area (Å²) in [5.41, 5.74) is 2.22. The summed E-state index contributed by atoms with van der Waals surface area (Å²) in [6.07, 6.45) is 4.75. The van der Waals surface area contributed by atoms with Gasteiger partial charge in [0.05, 0.1) is 29.5 Å². The molecule has 0 saturated heterocycles. The zero-order chi connectivity index (χ0) is 15.2. The minimum atomic E-state index is 0.129. The van der Waals surface area contributed by atoms with Crippen molar-refractivity contribution in [3.63, 3.8) is 0 Å². The molecule has 1 N–H and O–H groups in total. The quantitative estimate of drug-likeness (QED) is 0.848. The highest BCUT2D eigenvalue weighted by Gasteiger charge is 2.19. The number of nitrogens with one attached hydrogen (secondary N) is 1. The molecule has 114 valence electrons. The van der Waals surface area contributed by atoms with Crippen molar-refractivity contribution in [2.45, 2.75) is 40.2 Å². The maximum atomic E-state index is 5.57. The third kappa shape index (κ3) is 4.02. The van der Waals surface area contributed by atoms with E-state index in [1.54, 1.807) is 17.5 Å². The van der Waals surface area contributed by atoms with E-state index in [4.69, 9.17) is 4.74 Å². The van der Waals surface area contributed by atoms with Crippen LogP contribution in [-0.4, -0.2) is 23.1 Å². The molecule has 0 aliphatic carbocycles. The number of nitrogens with zero attached hydrogens (tertiary/aromatic N) is 2. The Labute approximate surface area is 130 Å². The third-order valence-electron chi connectivity index (χ3n) is 3.18. The van der Waals surface area contributed by atoms with Gasteiger partial charge in [0.1, 0.15) is 5.75 Å². The Bertz CT molecular complexity index is 583.